The van der Waals surface area contributed by atoms with Crippen LogP contribution in [0.5, 0.6) is 0 Å². The Morgan fingerprint density at radius 1 is 1.35 bits per heavy atom. The lowest BCUT2D eigenvalue weighted by Gasteiger charge is -2.23. The second kappa shape index (κ2) is 5.84. The normalized spacial score (nSPS) is 13.9. The van der Waals surface area contributed by atoms with Crippen LogP contribution in [0.15, 0.2) is 29.2 Å². The molecule has 0 fully saturated rings. The maximum atomic E-state index is 12.7. The molecule has 0 aliphatic heterocycles. The highest BCUT2D eigenvalue weighted by Gasteiger charge is 2.24. The van der Waals surface area contributed by atoms with Crippen molar-refractivity contribution in [2.24, 2.45) is 0 Å². The predicted octanol–water partition coefficient (Wildman–Crippen LogP) is 2.20. The topological polar surface area (TPSA) is 37.4 Å². The molecule has 96 valence electrons. The highest BCUT2D eigenvalue weighted by Crippen LogP contribution is 2.18. The third-order valence-electron chi connectivity index (χ3n) is 2.52. The number of rotatable bonds is 5. The number of benzene rings is 1. The van der Waals surface area contributed by atoms with Crippen LogP contribution in [0.2, 0.25) is 0 Å². The Bertz CT molecular complexity index is 459. The molecule has 0 saturated carbocycles. The van der Waals surface area contributed by atoms with Gasteiger partial charge in [0, 0.05) is 18.8 Å². The molecule has 6 heteroatoms. The van der Waals surface area contributed by atoms with Gasteiger partial charge in [-0.1, -0.05) is 0 Å². The first-order chi connectivity index (χ1) is 7.89. The zero-order valence-electron chi connectivity index (χ0n) is 10.1. The van der Waals surface area contributed by atoms with Gasteiger partial charge in [0.1, 0.15) is 5.82 Å². The van der Waals surface area contributed by atoms with Crippen molar-refractivity contribution in [3.63, 3.8) is 0 Å². The van der Waals surface area contributed by atoms with Crippen molar-refractivity contribution < 1.29 is 12.8 Å². The second-order valence-electron chi connectivity index (χ2n) is 3.78. The molecule has 0 bridgehead atoms. The van der Waals surface area contributed by atoms with E-state index in [0.717, 1.165) is 17.9 Å². The molecule has 0 aliphatic carbocycles. The molecule has 1 aromatic carbocycles. The fraction of sp³-hybridized carbons (Fsp3) is 0.455. The summed E-state index contributed by atoms with van der Waals surface area (Å²) in [6, 6.07) is 4.78. The van der Waals surface area contributed by atoms with E-state index >= 15 is 0 Å². The number of nitrogens with zero attached hydrogens (tertiary/aromatic N) is 1. The molecular weight excluding hydrogens is 261 g/mol. The first-order valence-electron chi connectivity index (χ1n) is 5.12. The van der Waals surface area contributed by atoms with E-state index in [2.05, 4.69) is 0 Å². The highest BCUT2D eigenvalue weighted by atomic mass is 32.2. The van der Waals surface area contributed by atoms with Crippen molar-refractivity contribution in [1.29, 1.82) is 0 Å². The lowest BCUT2D eigenvalue weighted by Crippen LogP contribution is -2.36. The minimum absolute atomic E-state index is 0.0972. The van der Waals surface area contributed by atoms with Crippen LogP contribution in [-0.2, 0) is 10.0 Å². The minimum atomic E-state index is -3.52. The highest BCUT2D eigenvalue weighted by molar-refractivity contribution is 7.98. The first-order valence-corrected chi connectivity index (χ1v) is 7.95. The average Bonchev–Trinajstić information content (AvgIpc) is 2.29. The first kappa shape index (κ1) is 14.5. The molecule has 1 unspecified atom stereocenters. The van der Waals surface area contributed by atoms with Crippen LogP contribution in [0.25, 0.3) is 0 Å². The Labute approximate surface area is 106 Å². The van der Waals surface area contributed by atoms with Gasteiger partial charge in [0.2, 0.25) is 10.0 Å². The van der Waals surface area contributed by atoms with Gasteiger partial charge >= 0.3 is 0 Å². The predicted molar refractivity (Wildman–Crippen MR) is 69.2 cm³/mol. The quantitative estimate of drug-likeness (QED) is 0.828. The fourth-order valence-electron chi connectivity index (χ4n) is 1.36. The molecule has 0 heterocycles. The number of sulfonamides is 1. The van der Waals surface area contributed by atoms with Gasteiger partial charge in [0.15, 0.2) is 0 Å². The summed E-state index contributed by atoms with van der Waals surface area (Å²) < 4.78 is 38.4. The number of halogens is 1. The molecular formula is C11H16FNO2S2. The molecule has 3 nitrogen and oxygen atoms in total. The Hall–Kier alpha value is -0.590. The van der Waals surface area contributed by atoms with Crippen molar-refractivity contribution in [3.05, 3.63) is 30.1 Å². The van der Waals surface area contributed by atoms with Crippen molar-refractivity contribution >= 4 is 21.8 Å². The lowest BCUT2D eigenvalue weighted by atomic mass is 10.4. The van der Waals surface area contributed by atoms with Gasteiger partial charge in [0.25, 0.3) is 0 Å². The zero-order valence-corrected chi connectivity index (χ0v) is 11.7. The zero-order chi connectivity index (χ0) is 13.1. The van der Waals surface area contributed by atoms with Crippen molar-refractivity contribution in [3.8, 4) is 0 Å². The maximum Gasteiger partial charge on any atom is 0.243 e. The molecule has 1 aromatic rings. The minimum Gasteiger partial charge on any atom is -0.207 e. The van der Waals surface area contributed by atoms with Crippen LogP contribution < -0.4 is 0 Å². The van der Waals surface area contributed by atoms with E-state index in [0.29, 0.717) is 0 Å². The van der Waals surface area contributed by atoms with E-state index in [-0.39, 0.29) is 10.9 Å². The maximum absolute atomic E-state index is 12.7. The molecule has 0 N–H and O–H groups in total. The average molecular weight is 277 g/mol. The molecule has 17 heavy (non-hydrogen) atoms. The SMILES string of the molecule is CSCC(C)N(C)S(=O)(=O)c1ccc(F)cc1. The molecule has 0 spiro atoms. The summed E-state index contributed by atoms with van der Waals surface area (Å²) in [4.78, 5) is 0.120. The van der Waals surface area contributed by atoms with Gasteiger partial charge < -0.3 is 0 Å². The van der Waals surface area contributed by atoms with E-state index in [1.807, 2.05) is 13.2 Å². The summed E-state index contributed by atoms with van der Waals surface area (Å²) in [5, 5.41) is 0. The van der Waals surface area contributed by atoms with Crippen LogP contribution in [-0.4, -0.2) is 37.8 Å². The van der Waals surface area contributed by atoms with Crippen LogP contribution in [0.4, 0.5) is 4.39 Å². The summed E-state index contributed by atoms with van der Waals surface area (Å²) in [7, 11) is -1.98. The Balaban J connectivity index is 2.98. The lowest BCUT2D eigenvalue weighted by molar-refractivity contribution is 0.415. The van der Waals surface area contributed by atoms with E-state index in [1.54, 1.807) is 18.8 Å². The van der Waals surface area contributed by atoms with E-state index in [4.69, 9.17) is 0 Å². The summed E-state index contributed by atoms with van der Waals surface area (Å²) in [5.74, 6) is 0.278. The Kier molecular flexibility index (Phi) is 4.97. The van der Waals surface area contributed by atoms with E-state index < -0.39 is 15.8 Å². The van der Waals surface area contributed by atoms with Gasteiger partial charge in [-0.15, -0.1) is 0 Å². The molecule has 1 atom stereocenters. The third kappa shape index (κ3) is 3.43. The Morgan fingerprint density at radius 3 is 2.35 bits per heavy atom. The van der Waals surface area contributed by atoms with Crippen molar-refractivity contribution in [2.75, 3.05) is 19.1 Å². The molecule has 0 aliphatic rings. The number of hydrogen-bond donors (Lipinski definition) is 0. The molecule has 1 rings (SSSR count). The molecule has 0 aromatic heterocycles. The molecule has 0 radical (unpaired) electrons. The molecule has 0 amide bonds. The summed E-state index contributed by atoms with van der Waals surface area (Å²) in [6.07, 6.45) is 1.93. The van der Waals surface area contributed by atoms with Crippen LogP contribution in [0.1, 0.15) is 6.92 Å². The van der Waals surface area contributed by atoms with Crippen LogP contribution >= 0.6 is 11.8 Å². The van der Waals surface area contributed by atoms with Crippen molar-refractivity contribution in [2.45, 2.75) is 17.9 Å². The number of thioether (sulfide) groups is 1. The van der Waals surface area contributed by atoms with E-state index in [1.165, 1.54) is 16.4 Å². The summed E-state index contributed by atoms with van der Waals surface area (Å²) in [5.41, 5.74) is 0. The smallest absolute Gasteiger partial charge is 0.207 e. The fourth-order valence-corrected chi connectivity index (χ4v) is 3.52. The molecule has 0 saturated heterocycles. The largest absolute Gasteiger partial charge is 0.243 e. The van der Waals surface area contributed by atoms with Gasteiger partial charge in [-0.05, 0) is 37.4 Å². The number of hydrogen-bond acceptors (Lipinski definition) is 3. The standard InChI is InChI=1S/C11H16FNO2S2/c1-9(8-16-3)13(2)17(14,15)11-6-4-10(12)5-7-11/h4-7,9H,8H2,1-3H3. The summed E-state index contributed by atoms with van der Waals surface area (Å²) in [6.45, 7) is 1.84. The summed E-state index contributed by atoms with van der Waals surface area (Å²) >= 11 is 1.59. The van der Waals surface area contributed by atoms with E-state index in [9.17, 15) is 12.8 Å². The monoisotopic (exact) mass is 277 g/mol. The van der Waals surface area contributed by atoms with Crippen LogP contribution in [0, 0.1) is 5.82 Å². The third-order valence-corrected chi connectivity index (χ3v) is 5.32. The van der Waals surface area contributed by atoms with Gasteiger partial charge in [-0.25, -0.2) is 12.8 Å². The Morgan fingerprint density at radius 2 is 1.88 bits per heavy atom. The van der Waals surface area contributed by atoms with Gasteiger partial charge in [0.05, 0.1) is 4.90 Å². The van der Waals surface area contributed by atoms with Crippen LogP contribution in [0.3, 0.4) is 0 Å². The van der Waals surface area contributed by atoms with Crippen molar-refractivity contribution in [1.82, 2.24) is 4.31 Å². The second-order valence-corrected chi connectivity index (χ2v) is 6.69. The van der Waals surface area contributed by atoms with Gasteiger partial charge in [-0.2, -0.15) is 16.1 Å². The van der Waals surface area contributed by atoms with Gasteiger partial charge in [-0.3, -0.25) is 0 Å².